The zero-order valence-electron chi connectivity index (χ0n) is 10.7. The van der Waals surface area contributed by atoms with E-state index in [1.807, 2.05) is 6.07 Å². The third kappa shape index (κ3) is 3.21. The molecule has 0 atom stereocenters. The standard InChI is InChI=1S/C14H20FNO2/c1-18-13-3-2-11(8-12(13)15)4-7-16-9-14(10-17)5-6-14/h2-3,8,16-17H,4-7,9-10H2,1H3. The molecule has 0 heterocycles. The highest BCUT2D eigenvalue weighted by Gasteiger charge is 2.41. The highest BCUT2D eigenvalue weighted by molar-refractivity contribution is 5.29. The molecule has 0 aliphatic heterocycles. The summed E-state index contributed by atoms with van der Waals surface area (Å²) >= 11 is 0. The van der Waals surface area contributed by atoms with E-state index in [1.54, 1.807) is 6.07 Å². The molecule has 2 N–H and O–H groups in total. The van der Waals surface area contributed by atoms with Gasteiger partial charge in [0, 0.05) is 18.6 Å². The number of rotatable bonds is 7. The highest BCUT2D eigenvalue weighted by Crippen LogP contribution is 2.44. The Morgan fingerprint density at radius 2 is 2.22 bits per heavy atom. The quantitative estimate of drug-likeness (QED) is 0.727. The fourth-order valence-electron chi connectivity index (χ4n) is 2.02. The second-order valence-electron chi connectivity index (χ2n) is 5.05. The molecule has 2 rings (SSSR count). The predicted octanol–water partition coefficient (Wildman–Crippen LogP) is 1.74. The fraction of sp³-hybridized carbons (Fsp3) is 0.571. The SMILES string of the molecule is COc1ccc(CCNCC2(CO)CC2)cc1F. The molecule has 0 spiro atoms. The van der Waals surface area contributed by atoms with Crippen LogP contribution in [0.25, 0.3) is 0 Å². The maximum absolute atomic E-state index is 13.4. The van der Waals surface area contributed by atoms with Crippen molar-refractivity contribution in [2.45, 2.75) is 19.3 Å². The average molecular weight is 253 g/mol. The lowest BCUT2D eigenvalue weighted by Crippen LogP contribution is -2.28. The number of hydrogen-bond acceptors (Lipinski definition) is 3. The van der Waals surface area contributed by atoms with Crippen molar-refractivity contribution in [3.05, 3.63) is 29.6 Å². The van der Waals surface area contributed by atoms with Crippen LogP contribution in [0.15, 0.2) is 18.2 Å². The van der Waals surface area contributed by atoms with Crippen LogP contribution >= 0.6 is 0 Å². The van der Waals surface area contributed by atoms with Crippen LogP contribution in [0.5, 0.6) is 5.75 Å². The molecule has 1 fully saturated rings. The Morgan fingerprint density at radius 1 is 1.44 bits per heavy atom. The van der Waals surface area contributed by atoms with Gasteiger partial charge in [-0.1, -0.05) is 6.07 Å². The maximum atomic E-state index is 13.4. The Morgan fingerprint density at radius 3 is 2.78 bits per heavy atom. The van der Waals surface area contributed by atoms with Crippen molar-refractivity contribution >= 4 is 0 Å². The smallest absolute Gasteiger partial charge is 0.165 e. The van der Waals surface area contributed by atoms with Gasteiger partial charge in [-0.15, -0.1) is 0 Å². The van der Waals surface area contributed by atoms with Crippen molar-refractivity contribution in [1.82, 2.24) is 5.32 Å². The maximum Gasteiger partial charge on any atom is 0.165 e. The number of hydrogen-bond donors (Lipinski definition) is 2. The Labute approximate surface area is 107 Å². The van der Waals surface area contributed by atoms with Gasteiger partial charge in [0.05, 0.1) is 7.11 Å². The normalized spacial score (nSPS) is 16.6. The van der Waals surface area contributed by atoms with Crippen LogP contribution in [-0.2, 0) is 6.42 Å². The minimum Gasteiger partial charge on any atom is -0.494 e. The van der Waals surface area contributed by atoms with Gasteiger partial charge in [-0.25, -0.2) is 4.39 Å². The molecule has 1 aliphatic carbocycles. The number of nitrogens with one attached hydrogen (secondary N) is 1. The second kappa shape index (κ2) is 5.67. The van der Waals surface area contributed by atoms with E-state index in [0.29, 0.717) is 0 Å². The van der Waals surface area contributed by atoms with Crippen molar-refractivity contribution in [3.63, 3.8) is 0 Å². The van der Waals surface area contributed by atoms with Gasteiger partial charge < -0.3 is 15.2 Å². The van der Waals surface area contributed by atoms with Crippen molar-refractivity contribution in [1.29, 1.82) is 0 Å². The lowest BCUT2D eigenvalue weighted by molar-refractivity contribution is 0.208. The fourth-order valence-corrected chi connectivity index (χ4v) is 2.02. The van der Waals surface area contributed by atoms with E-state index >= 15 is 0 Å². The first-order chi connectivity index (χ1) is 8.69. The largest absolute Gasteiger partial charge is 0.494 e. The van der Waals surface area contributed by atoms with Crippen LogP contribution in [0.4, 0.5) is 4.39 Å². The van der Waals surface area contributed by atoms with E-state index in [9.17, 15) is 4.39 Å². The Bertz CT molecular complexity index is 405. The third-order valence-electron chi connectivity index (χ3n) is 3.60. The number of aliphatic hydroxyl groups excluding tert-OH is 1. The van der Waals surface area contributed by atoms with E-state index in [4.69, 9.17) is 9.84 Å². The molecular formula is C14H20FNO2. The second-order valence-corrected chi connectivity index (χ2v) is 5.05. The molecule has 1 aromatic rings. The summed E-state index contributed by atoms with van der Waals surface area (Å²) in [6, 6.07) is 5.04. The Kier molecular flexibility index (Phi) is 4.19. The number of benzene rings is 1. The van der Waals surface area contributed by atoms with Crippen molar-refractivity contribution in [2.24, 2.45) is 5.41 Å². The average Bonchev–Trinajstić information content (AvgIpc) is 3.16. The summed E-state index contributed by atoms with van der Waals surface area (Å²) in [4.78, 5) is 0. The van der Waals surface area contributed by atoms with Crippen molar-refractivity contribution in [2.75, 3.05) is 26.8 Å². The highest BCUT2D eigenvalue weighted by atomic mass is 19.1. The Hall–Kier alpha value is -1.13. The monoisotopic (exact) mass is 253 g/mol. The first-order valence-electron chi connectivity index (χ1n) is 6.33. The van der Waals surface area contributed by atoms with Crippen LogP contribution in [-0.4, -0.2) is 31.9 Å². The summed E-state index contributed by atoms with van der Waals surface area (Å²) in [5.74, 6) is -0.0343. The minimum atomic E-state index is -0.316. The molecule has 0 amide bonds. The minimum absolute atomic E-state index is 0.130. The zero-order valence-corrected chi connectivity index (χ0v) is 10.7. The number of methoxy groups -OCH3 is 1. The molecule has 4 heteroatoms. The third-order valence-corrected chi connectivity index (χ3v) is 3.60. The summed E-state index contributed by atoms with van der Waals surface area (Å²) < 4.78 is 18.3. The first-order valence-corrected chi connectivity index (χ1v) is 6.33. The van der Waals surface area contributed by atoms with E-state index in [1.165, 1.54) is 13.2 Å². The number of halogens is 1. The summed E-state index contributed by atoms with van der Waals surface area (Å²) in [5.41, 5.74) is 1.08. The summed E-state index contributed by atoms with van der Waals surface area (Å²) in [6.07, 6.45) is 2.99. The topological polar surface area (TPSA) is 41.5 Å². The van der Waals surface area contributed by atoms with E-state index in [2.05, 4.69) is 5.32 Å². The number of ether oxygens (including phenoxy) is 1. The van der Waals surface area contributed by atoms with E-state index < -0.39 is 0 Å². The number of aliphatic hydroxyl groups is 1. The van der Waals surface area contributed by atoms with Gasteiger partial charge in [0.2, 0.25) is 0 Å². The van der Waals surface area contributed by atoms with Crippen molar-refractivity contribution < 1.29 is 14.2 Å². The molecule has 3 nitrogen and oxygen atoms in total. The molecule has 0 unspecified atom stereocenters. The zero-order chi connectivity index (χ0) is 13.0. The lowest BCUT2D eigenvalue weighted by Gasteiger charge is -2.12. The van der Waals surface area contributed by atoms with Gasteiger partial charge in [0.25, 0.3) is 0 Å². The van der Waals surface area contributed by atoms with Gasteiger partial charge in [0.1, 0.15) is 0 Å². The molecule has 0 aromatic heterocycles. The molecular weight excluding hydrogens is 233 g/mol. The summed E-state index contributed by atoms with van der Waals surface area (Å²) in [6.45, 7) is 1.91. The van der Waals surface area contributed by atoms with Crippen LogP contribution < -0.4 is 10.1 Å². The van der Waals surface area contributed by atoms with Crippen molar-refractivity contribution in [3.8, 4) is 5.75 Å². The first kappa shape index (κ1) is 13.3. The summed E-state index contributed by atoms with van der Waals surface area (Å²) in [5, 5.41) is 12.5. The molecule has 18 heavy (non-hydrogen) atoms. The molecule has 1 aliphatic rings. The van der Waals surface area contributed by atoms with E-state index in [0.717, 1.165) is 37.9 Å². The molecule has 1 aromatic carbocycles. The Balaban J connectivity index is 1.75. The van der Waals surface area contributed by atoms with Gasteiger partial charge in [-0.05, 0) is 43.5 Å². The summed E-state index contributed by atoms with van der Waals surface area (Å²) in [7, 11) is 1.46. The van der Waals surface area contributed by atoms with Gasteiger partial charge in [-0.3, -0.25) is 0 Å². The lowest BCUT2D eigenvalue weighted by atomic mass is 10.1. The van der Waals surface area contributed by atoms with E-state index in [-0.39, 0.29) is 23.6 Å². The van der Waals surface area contributed by atoms with Gasteiger partial charge in [-0.2, -0.15) is 0 Å². The molecule has 0 saturated heterocycles. The molecule has 0 bridgehead atoms. The molecule has 100 valence electrons. The van der Waals surface area contributed by atoms with Crippen LogP contribution in [0, 0.1) is 11.2 Å². The van der Waals surface area contributed by atoms with Gasteiger partial charge in [0.15, 0.2) is 11.6 Å². The molecule has 1 saturated carbocycles. The van der Waals surface area contributed by atoms with Crippen LogP contribution in [0.3, 0.4) is 0 Å². The van der Waals surface area contributed by atoms with Crippen LogP contribution in [0.1, 0.15) is 18.4 Å². The van der Waals surface area contributed by atoms with Gasteiger partial charge >= 0.3 is 0 Å². The molecule has 0 radical (unpaired) electrons. The predicted molar refractivity (Wildman–Crippen MR) is 68.3 cm³/mol. The van der Waals surface area contributed by atoms with Crippen LogP contribution in [0.2, 0.25) is 0 Å².